The Bertz CT molecular complexity index is 968. The van der Waals surface area contributed by atoms with E-state index in [2.05, 4.69) is 10.6 Å². The Morgan fingerprint density at radius 3 is 2.13 bits per heavy atom. The maximum Gasteiger partial charge on any atom is 0.407 e. The SMILES string of the molecule is CCn1c(=O)n(CC(=O)NC(C)(CNC(=O)OC(C)(C)C)C(C)C)c2ccccc21. The molecular weight excluding hydrogens is 384 g/mol. The molecule has 2 N–H and O–H groups in total. The summed E-state index contributed by atoms with van der Waals surface area (Å²) in [5, 5.41) is 5.74. The summed E-state index contributed by atoms with van der Waals surface area (Å²) in [5.74, 6) is -0.261. The van der Waals surface area contributed by atoms with Gasteiger partial charge in [0, 0.05) is 13.1 Å². The van der Waals surface area contributed by atoms with Crippen LogP contribution in [0.4, 0.5) is 4.79 Å². The molecule has 0 aliphatic heterocycles. The van der Waals surface area contributed by atoms with E-state index in [-0.39, 0.29) is 30.6 Å². The number of aromatic nitrogens is 2. The van der Waals surface area contributed by atoms with Crippen LogP contribution < -0.4 is 16.3 Å². The lowest BCUT2D eigenvalue weighted by atomic mass is 9.88. The number of amides is 2. The summed E-state index contributed by atoms with van der Waals surface area (Å²) in [5.41, 5.74) is -0.00246. The van der Waals surface area contributed by atoms with Gasteiger partial charge in [0.15, 0.2) is 0 Å². The second kappa shape index (κ2) is 8.93. The van der Waals surface area contributed by atoms with Gasteiger partial charge >= 0.3 is 11.8 Å². The van der Waals surface area contributed by atoms with Gasteiger partial charge in [0.1, 0.15) is 12.1 Å². The number of rotatable bonds is 7. The largest absolute Gasteiger partial charge is 0.444 e. The van der Waals surface area contributed by atoms with Gasteiger partial charge in [-0.15, -0.1) is 0 Å². The lowest BCUT2D eigenvalue weighted by Gasteiger charge is -2.35. The van der Waals surface area contributed by atoms with Crippen LogP contribution in [0.3, 0.4) is 0 Å². The topological polar surface area (TPSA) is 94.4 Å². The molecule has 1 aromatic carbocycles. The number of imidazole rings is 1. The maximum absolute atomic E-state index is 12.9. The fourth-order valence-corrected chi connectivity index (χ4v) is 3.20. The second-order valence-electron chi connectivity index (χ2n) is 9.08. The number of hydrogen-bond donors (Lipinski definition) is 2. The van der Waals surface area contributed by atoms with Gasteiger partial charge in [0.25, 0.3) is 0 Å². The number of fused-ring (bicyclic) bond motifs is 1. The summed E-state index contributed by atoms with van der Waals surface area (Å²) in [4.78, 5) is 37.7. The Labute approximate surface area is 177 Å². The quantitative estimate of drug-likeness (QED) is 0.723. The fourth-order valence-electron chi connectivity index (χ4n) is 3.20. The van der Waals surface area contributed by atoms with Gasteiger partial charge in [-0.25, -0.2) is 9.59 Å². The number of para-hydroxylation sites is 2. The number of nitrogens with zero attached hydrogens (tertiary/aromatic N) is 2. The molecule has 0 saturated carbocycles. The summed E-state index contributed by atoms with van der Waals surface area (Å²) in [7, 11) is 0. The Morgan fingerprint density at radius 2 is 1.63 bits per heavy atom. The summed E-state index contributed by atoms with van der Waals surface area (Å²) in [6, 6.07) is 7.43. The van der Waals surface area contributed by atoms with Crippen molar-refractivity contribution in [1.82, 2.24) is 19.8 Å². The molecule has 0 aliphatic rings. The van der Waals surface area contributed by atoms with Gasteiger partial charge in [-0.3, -0.25) is 13.9 Å². The number of alkyl carbamates (subject to hydrolysis) is 1. The first-order chi connectivity index (χ1) is 13.9. The third kappa shape index (κ3) is 5.43. The minimum Gasteiger partial charge on any atom is -0.444 e. The van der Waals surface area contributed by atoms with Crippen molar-refractivity contribution in [3.05, 3.63) is 34.7 Å². The lowest BCUT2D eigenvalue weighted by Crippen LogP contribution is -2.58. The van der Waals surface area contributed by atoms with Crippen molar-refractivity contribution < 1.29 is 14.3 Å². The molecule has 0 aliphatic carbocycles. The molecule has 1 aromatic heterocycles. The van der Waals surface area contributed by atoms with Crippen LogP contribution in [0, 0.1) is 5.92 Å². The third-order valence-electron chi connectivity index (χ3n) is 5.24. The standard InChI is InChI=1S/C22H34N4O4/c1-8-25-16-11-9-10-12-17(16)26(20(25)29)13-18(27)24-22(7,15(2)3)14-23-19(28)30-21(4,5)6/h9-12,15H,8,13-14H2,1-7H3,(H,23,28)(H,24,27). The molecule has 1 heterocycles. The highest BCUT2D eigenvalue weighted by molar-refractivity contribution is 5.81. The molecule has 1 unspecified atom stereocenters. The first-order valence-electron chi connectivity index (χ1n) is 10.3. The first-order valence-corrected chi connectivity index (χ1v) is 10.3. The first kappa shape index (κ1) is 23.5. The van der Waals surface area contributed by atoms with Crippen LogP contribution in [0.15, 0.2) is 29.1 Å². The highest BCUT2D eigenvalue weighted by atomic mass is 16.6. The molecule has 0 spiro atoms. The van der Waals surface area contributed by atoms with Crippen molar-refractivity contribution in [2.75, 3.05) is 6.54 Å². The predicted octanol–water partition coefficient (Wildman–Crippen LogP) is 2.88. The van der Waals surface area contributed by atoms with E-state index in [0.717, 1.165) is 11.0 Å². The number of carbonyl (C=O) groups excluding carboxylic acids is 2. The Balaban J connectivity index is 2.16. The number of hydrogen-bond acceptors (Lipinski definition) is 4. The molecule has 2 rings (SSSR count). The fraction of sp³-hybridized carbons (Fsp3) is 0.591. The van der Waals surface area contributed by atoms with Gasteiger partial charge in [0.05, 0.1) is 16.6 Å². The molecular formula is C22H34N4O4. The Morgan fingerprint density at radius 1 is 1.07 bits per heavy atom. The number of ether oxygens (including phenoxy) is 1. The molecule has 0 bridgehead atoms. The van der Waals surface area contributed by atoms with E-state index in [4.69, 9.17) is 4.74 Å². The molecule has 0 saturated heterocycles. The Hall–Kier alpha value is -2.77. The van der Waals surface area contributed by atoms with Crippen LogP contribution >= 0.6 is 0 Å². The summed E-state index contributed by atoms with van der Waals surface area (Å²) in [6.45, 7) is 13.7. The van der Waals surface area contributed by atoms with Crippen molar-refractivity contribution in [3.63, 3.8) is 0 Å². The monoisotopic (exact) mass is 418 g/mol. The zero-order chi connectivity index (χ0) is 22.7. The molecule has 0 fully saturated rings. The van der Waals surface area contributed by atoms with Crippen LogP contribution in [0.1, 0.15) is 48.5 Å². The van der Waals surface area contributed by atoms with Gasteiger partial charge in [0.2, 0.25) is 5.91 Å². The van der Waals surface area contributed by atoms with Crippen molar-refractivity contribution in [2.24, 2.45) is 5.92 Å². The van der Waals surface area contributed by atoms with Gasteiger partial charge in [-0.1, -0.05) is 26.0 Å². The molecule has 1 atom stereocenters. The van der Waals surface area contributed by atoms with Crippen molar-refractivity contribution in [3.8, 4) is 0 Å². The zero-order valence-corrected chi connectivity index (χ0v) is 19.0. The third-order valence-corrected chi connectivity index (χ3v) is 5.24. The van der Waals surface area contributed by atoms with E-state index in [1.54, 1.807) is 25.3 Å². The van der Waals surface area contributed by atoms with E-state index in [1.807, 2.05) is 52.0 Å². The van der Waals surface area contributed by atoms with E-state index < -0.39 is 17.2 Å². The van der Waals surface area contributed by atoms with Crippen molar-refractivity contribution in [2.45, 2.75) is 72.7 Å². The molecule has 8 heteroatoms. The molecule has 0 radical (unpaired) electrons. The summed E-state index contributed by atoms with van der Waals surface area (Å²) < 4.78 is 8.41. The van der Waals surface area contributed by atoms with Crippen LogP contribution in [0.5, 0.6) is 0 Å². The van der Waals surface area contributed by atoms with E-state index in [1.165, 1.54) is 4.57 Å². The van der Waals surface area contributed by atoms with E-state index in [9.17, 15) is 14.4 Å². The average molecular weight is 419 g/mol. The number of nitrogens with one attached hydrogen (secondary N) is 2. The Kier molecular flexibility index (Phi) is 7.00. The molecule has 30 heavy (non-hydrogen) atoms. The number of aryl methyl sites for hydroxylation is 1. The van der Waals surface area contributed by atoms with Crippen molar-refractivity contribution >= 4 is 23.0 Å². The van der Waals surface area contributed by atoms with Crippen LogP contribution in [-0.4, -0.2) is 38.8 Å². The van der Waals surface area contributed by atoms with E-state index in [0.29, 0.717) is 6.54 Å². The van der Waals surface area contributed by atoms with Crippen LogP contribution in [0.25, 0.3) is 11.0 Å². The number of carbonyl (C=O) groups is 2. The normalized spacial score (nSPS) is 13.9. The van der Waals surface area contributed by atoms with Crippen LogP contribution in [-0.2, 0) is 22.6 Å². The predicted molar refractivity (Wildman–Crippen MR) is 117 cm³/mol. The van der Waals surface area contributed by atoms with Gasteiger partial charge in [-0.2, -0.15) is 0 Å². The molecule has 8 nitrogen and oxygen atoms in total. The summed E-state index contributed by atoms with van der Waals surface area (Å²) in [6.07, 6.45) is -0.536. The molecule has 2 amide bonds. The molecule has 2 aromatic rings. The smallest absolute Gasteiger partial charge is 0.407 e. The van der Waals surface area contributed by atoms with Gasteiger partial charge in [-0.05, 0) is 52.7 Å². The van der Waals surface area contributed by atoms with Crippen molar-refractivity contribution in [1.29, 1.82) is 0 Å². The average Bonchev–Trinajstić information content (AvgIpc) is 2.90. The minimum atomic E-state index is -0.708. The van der Waals surface area contributed by atoms with E-state index >= 15 is 0 Å². The second-order valence-corrected chi connectivity index (χ2v) is 9.08. The van der Waals surface area contributed by atoms with Crippen LogP contribution in [0.2, 0.25) is 0 Å². The highest BCUT2D eigenvalue weighted by Gasteiger charge is 2.32. The minimum absolute atomic E-state index is 0.0325. The number of benzene rings is 1. The maximum atomic E-state index is 12.9. The lowest BCUT2D eigenvalue weighted by molar-refractivity contribution is -0.124. The molecule has 166 valence electrons. The zero-order valence-electron chi connectivity index (χ0n) is 19.0. The van der Waals surface area contributed by atoms with Gasteiger partial charge < -0.3 is 15.4 Å². The summed E-state index contributed by atoms with van der Waals surface area (Å²) >= 11 is 0. The highest BCUT2D eigenvalue weighted by Crippen LogP contribution is 2.17.